The number of alkyl halides is 1. The van der Waals surface area contributed by atoms with Crippen molar-refractivity contribution in [3.05, 3.63) is 37.0 Å². The second-order valence-corrected chi connectivity index (χ2v) is 1.94. The largest absolute Gasteiger partial charge is 0.293 e. The fourth-order valence-corrected chi connectivity index (χ4v) is 0.535. The number of carbonyl (C=O) groups excluding carboxylic acids is 1. The molecule has 0 aromatic heterocycles. The quantitative estimate of drug-likeness (QED) is 0.346. The fourth-order valence-electron chi connectivity index (χ4n) is 0.363. The lowest BCUT2D eigenvalue weighted by molar-refractivity contribution is -0.113. The molecule has 0 unspecified atom stereocenters. The summed E-state index contributed by atoms with van der Waals surface area (Å²) < 4.78 is 0. The van der Waals surface area contributed by atoms with Crippen molar-refractivity contribution in [3.63, 3.8) is 0 Å². The lowest BCUT2D eigenvalue weighted by Crippen LogP contribution is -1.99. The molecule has 0 fully saturated rings. The van der Waals surface area contributed by atoms with Crippen LogP contribution in [0.1, 0.15) is 0 Å². The zero-order chi connectivity index (χ0) is 7.98. The molecule has 0 heterocycles. The minimum Gasteiger partial charge on any atom is -0.293 e. The molecule has 0 spiro atoms. The maximum Gasteiger partial charge on any atom is 0.176 e. The van der Waals surface area contributed by atoms with E-state index in [4.69, 9.17) is 11.6 Å². The highest BCUT2D eigenvalue weighted by atomic mass is 35.5. The van der Waals surface area contributed by atoms with Gasteiger partial charge in [0.05, 0.1) is 5.88 Å². The van der Waals surface area contributed by atoms with Gasteiger partial charge in [-0.1, -0.05) is 31.4 Å². The average Bonchev–Trinajstić information content (AvgIpc) is 1.98. The van der Waals surface area contributed by atoms with Crippen molar-refractivity contribution in [1.29, 1.82) is 0 Å². The van der Waals surface area contributed by atoms with Gasteiger partial charge in [0.1, 0.15) is 0 Å². The van der Waals surface area contributed by atoms with Crippen LogP contribution in [0.3, 0.4) is 0 Å². The van der Waals surface area contributed by atoms with Gasteiger partial charge in [0, 0.05) is 5.57 Å². The molecule has 0 aliphatic heterocycles. The minimum atomic E-state index is -0.153. The first kappa shape index (κ1) is 9.18. The Kier molecular flexibility index (Phi) is 4.59. The van der Waals surface area contributed by atoms with E-state index in [1.807, 2.05) is 0 Å². The van der Waals surface area contributed by atoms with Gasteiger partial charge in [-0.15, -0.1) is 11.6 Å². The normalized spacial score (nSPS) is 9.70. The molecule has 0 aliphatic carbocycles. The van der Waals surface area contributed by atoms with Gasteiger partial charge in [-0.2, -0.15) is 0 Å². The molecular formula is C8H9ClO. The van der Waals surface area contributed by atoms with Crippen LogP contribution in [0.15, 0.2) is 37.0 Å². The van der Waals surface area contributed by atoms with Crippen LogP contribution in [0, 0.1) is 0 Å². The van der Waals surface area contributed by atoms with E-state index in [2.05, 4.69) is 13.2 Å². The van der Waals surface area contributed by atoms with Crippen molar-refractivity contribution in [3.8, 4) is 0 Å². The third kappa shape index (κ3) is 3.25. The van der Waals surface area contributed by atoms with Crippen LogP contribution in [0.2, 0.25) is 0 Å². The third-order valence-corrected chi connectivity index (χ3v) is 1.16. The van der Waals surface area contributed by atoms with Gasteiger partial charge >= 0.3 is 0 Å². The molecule has 2 heteroatoms. The Morgan fingerprint density at radius 2 is 2.20 bits per heavy atom. The highest BCUT2D eigenvalue weighted by Gasteiger charge is 1.98. The van der Waals surface area contributed by atoms with Crippen LogP contribution in [0.5, 0.6) is 0 Å². The first-order chi connectivity index (χ1) is 4.72. The molecule has 0 radical (unpaired) electrons. The molecule has 0 aromatic rings. The molecule has 0 aromatic carbocycles. The van der Waals surface area contributed by atoms with Gasteiger partial charge in [-0.05, 0) is 0 Å². The number of rotatable bonds is 4. The maximum absolute atomic E-state index is 10.7. The van der Waals surface area contributed by atoms with E-state index in [0.29, 0.717) is 5.57 Å². The van der Waals surface area contributed by atoms with E-state index in [1.165, 1.54) is 0 Å². The zero-order valence-electron chi connectivity index (χ0n) is 5.64. The summed E-state index contributed by atoms with van der Waals surface area (Å²) in [5.41, 5.74) is 0.412. The standard InChI is InChI=1S/C8H9ClO/c1-3-4-5-7(2)8(10)6-9/h3-5H,1-2,6H2/b5-4+. The molecule has 1 nitrogen and oxygen atoms in total. The van der Waals surface area contributed by atoms with Crippen molar-refractivity contribution < 1.29 is 4.79 Å². The van der Waals surface area contributed by atoms with E-state index < -0.39 is 0 Å². The number of hydrogen-bond acceptors (Lipinski definition) is 1. The monoisotopic (exact) mass is 156 g/mol. The lowest BCUT2D eigenvalue weighted by Gasteiger charge is -1.90. The van der Waals surface area contributed by atoms with Gasteiger partial charge in [-0.3, -0.25) is 4.79 Å². The highest BCUT2D eigenvalue weighted by Crippen LogP contribution is 1.96. The Balaban J connectivity index is 3.97. The second kappa shape index (κ2) is 5.00. The smallest absolute Gasteiger partial charge is 0.176 e. The van der Waals surface area contributed by atoms with Gasteiger partial charge < -0.3 is 0 Å². The van der Waals surface area contributed by atoms with E-state index >= 15 is 0 Å². The Morgan fingerprint density at radius 3 is 2.60 bits per heavy atom. The van der Waals surface area contributed by atoms with Crippen LogP contribution < -0.4 is 0 Å². The van der Waals surface area contributed by atoms with E-state index in [9.17, 15) is 4.79 Å². The van der Waals surface area contributed by atoms with E-state index in [0.717, 1.165) is 0 Å². The van der Waals surface area contributed by atoms with Gasteiger partial charge in [0.25, 0.3) is 0 Å². The Labute approximate surface area is 65.7 Å². The van der Waals surface area contributed by atoms with Crippen LogP contribution in [-0.2, 0) is 4.79 Å². The maximum atomic E-state index is 10.7. The Bertz CT molecular complexity index is 180. The Morgan fingerprint density at radius 1 is 1.60 bits per heavy atom. The van der Waals surface area contributed by atoms with Crippen molar-refractivity contribution in [2.45, 2.75) is 0 Å². The summed E-state index contributed by atoms with van der Waals surface area (Å²) >= 11 is 5.26. The van der Waals surface area contributed by atoms with Crippen LogP contribution in [-0.4, -0.2) is 11.7 Å². The average molecular weight is 157 g/mol. The number of ketones is 1. The predicted molar refractivity (Wildman–Crippen MR) is 44.2 cm³/mol. The molecule has 54 valence electrons. The van der Waals surface area contributed by atoms with Crippen LogP contribution in [0.25, 0.3) is 0 Å². The van der Waals surface area contributed by atoms with E-state index in [-0.39, 0.29) is 11.7 Å². The molecule has 0 rings (SSSR count). The van der Waals surface area contributed by atoms with Crippen LogP contribution >= 0.6 is 11.6 Å². The predicted octanol–water partition coefficient (Wildman–Crippen LogP) is 2.09. The van der Waals surface area contributed by atoms with Crippen molar-refractivity contribution >= 4 is 17.4 Å². The molecule has 0 atom stereocenters. The molecule has 0 saturated heterocycles. The van der Waals surface area contributed by atoms with Gasteiger partial charge in [0.2, 0.25) is 0 Å². The topological polar surface area (TPSA) is 17.1 Å². The number of carbonyl (C=O) groups is 1. The number of Topliss-reactive ketones (excluding diaryl/α,β-unsaturated/α-hetero) is 1. The summed E-state index contributed by atoms with van der Waals surface area (Å²) in [5, 5.41) is 0. The number of hydrogen-bond donors (Lipinski definition) is 0. The molecule has 0 saturated carbocycles. The van der Waals surface area contributed by atoms with Gasteiger partial charge in [0.15, 0.2) is 5.78 Å². The first-order valence-electron chi connectivity index (χ1n) is 2.79. The minimum absolute atomic E-state index is 0.0136. The third-order valence-electron chi connectivity index (χ3n) is 0.913. The molecule has 10 heavy (non-hydrogen) atoms. The SMILES string of the molecule is C=C/C=C/C(=C)C(=O)CCl. The van der Waals surface area contributed by atoms with Gasteiger partial charge in [-0.25, -0.2) is 0 Å². The summed E-state index contributed by atoms with van der Waals surface area (Å²) in [7, 11) is 0. The lowest BCUT2D eigenvalue weighted by atomic mass is 10.2. The molecule has 0 bridgehead atoms. The number of allylic oxidation sites excluding steroid dienone is 4. The second-order valence-electron chi connectivity index (χ2n) is 1.68. The fraction of sp³-hybridized carbons (Fsp3) is 0.125. The molecule has 0 aliphatic rings. The highest BCUT2D eigenvalue weighted by molar-refractivity contribution is 6.30. The van der Waals surface area contributed by atoms with E-state index in [1.54, 1.807) is 18.2 Å². The van der Waals surface area contributed by atoms with Crippen molar-refractivity contribution in [1.82, 2.24) is 0 Å². The summed E-state index contributed by atoms with van der Waals surface area (Å²) in [6.07, 6.45) is 4.80. The molecule has 0 amide bonds. The molecular weight excluding hydrogens is 148 g/mol. The Hall–Kier alpha value is -0.820. The summed E-state index contributed by atoms with van der Waals surface area (Å²) in [5.74, 6) is -0.167. The van der Waals surface area contributed by atoms with Crippen LogP contribution in [0.4, 0.5) is 0 Å². The number of halogens is 1. The summed E-state index contributed by atoms with van der Waals surface area (Å²) in [4.78, 5) is 10.7. The summed E-state index contributed by atoms with van der Waals surface area (Å²) in [6, 6.07) is 0. The van der Waals surface area contributed by atoms with Crippen molar-refractivity contribution in [2.24, 2.45) is 0 Å². The summed E-state index contributed by atoms with van der Waals surface area (Å²) in [6.45, 7) is 6.94. The molecule has 0 N–H and O–H groups in total. The van der Waals surface area contributed by atoms with Crippen molar-refractivity contribution in [2.75, 3.05) is 5.88 Å². The zero-order valence-corrected chi connectivity index (χ0v) is 6.40. The first-order valence-corrected chi connectivity index (χ1v) is 3.33.